The van der Waals surface area contributed by atoms with Gasteiger partial charge in [-0.3, -0.25) is 0 Å². The zero-order valence-corrected chi connectivity index (χ0v) is 15.1. The Morgan fingerprint density at radius 3 is 2.67 bits per heavy atom. The number of rotatable bonds is 6. The average molecular weight is 370 g/mol. The molecule has 1 atom stereocenters. The number of methoxy groups -OCH3 is 1. The molecule has 0 aliphatic heterocycles. The highest BCUT2D eigenvalue weighted by Crippen LogP contribution is 2.30. The van der Waals surface area contributed by atoms with E-state index in [2.05, 4.69) is 64.3 Å². The minimum absolute atomic E-state index is 0.159. The molecule has 0 amide bonds. The van der Waals surface area contributed by atoms with Gasteiger partial charge in [-0.1, -0.05) is 31.3 Å². The van der Waals surface area contributed by atoms with Crippen molar-refractivity contribution in [1.29, 1.82) is 0 Å². The average Bonchev–Trinajstić information content (AvgIpc) is 2.84. The molecular formula is C15H20BrN3OS. The fourth-order valence-electron chi connectivity index (χ4n) is 1.96. The number of halogens is 1. The molecule has 114 valence electrons. The van der Waals surface area contributed by atoms with Crippen molar-refractivity contribution in [2.45, 2.75) is 33.2 Å². The molecule has 2 rings (SSSR count). The van der Waals surface area contributed by atoms with Crippen LogP contribution >= 0.6 is 27.3 Å². The number of hydrogen-bond acceptors (Lipinski definition) is 5. The second kappa shape index (κ2) is 7.22. The zero-order valence-electron chi connectivity index (χ0n) is 12.7. The number of nitrogens with one attached hydrogen (secondary N) is 1. The van der Waals surface area contributed by atoms with Crippen molar-refractivity contribution in [3.63, 3.8) is 0 Å². The van der Waals surface area contributed by atoms with Crippen molar-refractivity contribution in [1.82, 2.24) is 10.2 Å². The van der Waals surface area contributed by atoms with Crippen LogP contribution in [0.2, 0.25) is 0 Å². The number of anilines is 1. The molecule has 0 radical (unpaired) electrons. The normalized spacial score (nSPS) is 12.5. The van der Waals surface area contributed by atoms with E-state index in [0.29, 0.717) is 5.92 Å². The molecule has 1 N–H and O–H groups in total. The van der Waals surface area contributed by atoms with Crippen molar-refractivity contribution >= 4 is 32.4 Å². The zero-order chi connectivity index (χ0) is 15.4. The Bertz CT molecular complexity index is 600. The molecule has 1 heterocycles. The van der Waals surface area contributed by atoms with Gasteiger partial charge in [-0.2, -0.15) is 0 Å². The number of hydrogen-bond donors (Lipinski definition) is 1. The number of nitrogens with zero attached hydrogens (tertiary/aromatic N) is 2. The molecule has 21 heavy (non-hydrogen) atoms. The third-order valence-corrected chi connectivity index (χ3v) is 4.56. The summed E-state index contributed by atoms with van der Waals surface area (Å²) in [5, 5.41) is 13.8. The van der Waals surface area contributed by atoms with E-state index in [9.17, 15) is 0 Å². The van der Waals surface area contributed by atoms with Crippen LogP contribution in [0.4, 0.5) is 5.13 Å². The molecular weight excluding hydrogens is 350 g/mol. The maximum Gasteiger partial charge on any atom is 0.206 e. The number of ether oxygens (including phenoxy) is 1. The van der Waals surface area contributed by atoms with Gasteiger partial charge in [-0.25, -0.2) is 0 Å². The summed E-state index contributed by atoms with van der Waals surface area (Å²) in [5.74, 6) is 1.43. The van der Waals surface area contributed by atoms with Gasteiger partial charge in [0.05, 0.1) is 17.6 Å². The molecule has 1 unspecified atom stereocenters. The lowest BCUT2D eigenvalue weighted by molar-refractivity contribution is 0.412. The van der Waals surface area contributed by atoms with Gasteiger partial charge >= 0.3 is 0 Å². The maximum atomic E-state index is 5.25. The third-order valence-electron chi connectivity index (χ3n) is 3.07. The first-order valence-electron chi connectivity index (χ1n) is 6.92. The highest BCUT2D eigenvalue weighted by molar-refractivity contribution is 9.10. The lowest BCUT2D eigenvalue weighted by Gasteiger charge is -2.14. The minimum atomic E-state index is 0.159. The van der Waals surface area contributed by atoms with Crippen LogP contribution in [-0.4, -0.2) is 17.3 Å². The van der Waals surface area contributed by atoms with Gasteiger partial charge in [0.1, 0.15) is 10.8 Å². The van der Waals surface area contributed by atoms with E-state index in [4.69, 9.17) is 4.74 Å². The van der Waals surface area contributed by atoms with Crippen LogP contribution in [-0.2, 0) is 6.42 Å². The molecule has 4 nitrogen and oxygen atoms in total. The first-order chi connectivity index (χ1) is 9.99. The van der Waals surface area contributed by atoms with Gasteiger partial charge in [0.2, 0.25) is 5.13 Å². The third kappa shape index (κ3) is 4.41. The van der Waals surface area contributed by atoms with Crippen LogP contribution in [0.15, 0.2) is 22.7 Å². The van der Waals surface area contributed by atoms with Crippen molar-refractivity contribution in [2.75, 3.05) is 12.4 Å². The molecule has 0 fully saturated rings. The second-order valence-electron chi connectivity index (χ2n) is 5.36. The standard InChI is InChI=1S/C15H20BrN3OS/c1-9(2)7-14-18-19-15(21-14)17-10(3)11-5-6-13(20-4)12(16)8-11/h5-6,8-10H,7H2,1-4H3,(H,17,19). The highest BCUT2D eigenvalue weighted by atomic mass is 79.9. The first kappa shape index (κ1) is 16.2. The molecule has 0 aliphatic carbocycles. The minimum Gasteiger partial charge on any atom is -0.496 e. The van der Waals surface area contributed by atoms with E-state index in [1.165, 1.54) is 5.56 Å². The van der Waals surface area contributed by atoms with Crippen molar-refractivity contribution in [3.8, 4) is 5.75 Å². The van der Waals surface area contributed by atoms with Gasteiger partial charge in [0.15, 0.2) is 0 Å². The smallest absolute Gasteiger partial charge is 0.206 e. The largest absolute Gasteiger partial charge is 0.496 e. The highest BCUT2D eigenvalue weighted by Gasteiger charge is 2.12. The van der Waals surface area contributed by atoms with Gasteiger partial charge in [-0.15, -0.1) is 10.2 Å². The molecule has 0 bridgehead atoms. The monoisotopic (exact) mass is 369 g/mol. The van der Waals surface area contributed by atoms with Crippen LogP contribution < -0.4 is 10.1 Å². The maximum absolute atomic E-state index is 5.25. The summed E-state index contributed by atoms with van der Waals surface area (Å²) < 4.78 is 6.20. The number of benzene rings is 1. The van der Waals surface area contributed by atoms with E-state index in [-0.39, 0.29) is 6.04 Å². The summed E-state index contributed by atoms with van der Waals surface area (Å²) in [6.45, 7) is 6.48. The van der Waals surface area contributed by atoms with Crippen molar-refractivity contribution in [3.05, 3.63) is 33.2 Å². The topological polar surface area (TPSA) is 47.0 Å². The van der Waals surface area contributed by atoms with Gasteiger partial charge in [0, 0.05) is 6.42 Å². The molecule has 0 saturated heterocycles. The molecule has 0 saturated carbocycles. The van der Waals surface area contributed by atoms with E-state index < -0.39 is 0 Å². The lowest BCUT2D eigenvalue weighted by atomic mass is 10.1. The molecule has 0 aliphatic rings. The summed E-state index contributed by atoms with van der Waals surface area (Å²) in [6, 6.07) is 6.23. The molecule has 1 aromatic heterocycles. The van der Waals surface area contributed by atoms with Crippen LogP contribution in [0.25, 0.3) is 0 Å². The lowest BCUT2D eigenvalue weighted by Crippen LogP contribution is -2.06. The fourth-order valence-corrected chi connectivity index (χ4v) is 3.56. The summed E-state index contributed by atoms with van der Waals surface area (Å²) >= 11 is 5.14. The molecule has 1 aromatic carbocycles. The van der Waals surface area contributed by atoms with Crippen molar-refractivity contribution < 1.29 is 4.74 Å². The number of aromatic nitrogens is 2. The van der Waals surface area contributed by atoms with Gasteiger partial charge < -0.3 is 10.1 Å². The Hall–Kier alpha value is -1.14. The summed E-state index contributed by atoms with van der Waals surface area (Å²) in [7, 11) is 1.67. The van der Waals surface area contributed by atoms with Crippen molar-refractivity contribution in [2.24, 2.45) is 5.92 Å². The summed E-state index contributed by atoms with van der Waals surface area (Å²) in [4.78, 5) is 0. The molecule has 6 heteroatoms. The van der Waals surface area contributed by atoms with E-state index in [1.54, 1.807) is 18.4 Å². The molecule has 0 spiro atoms. The summed E-state index contributed by atoms with van der Waals surface area (Å²) in [6.07, 6.45) is 0.974. The Labute approximate surface area is 138 Å². The van der Waals surface area contributed by atoms with Gasteiger partial charge in [0.25, 0.3) is 0 Å². The first-order valence-corrected chi connectivity index (χ1v) is 8.53. The van der Waals surface area contributed by atoms with Crippen LogP contribution in [0.1, 0.15) is 37.4 Å². The van der Waals surface area contributed by atoms with E-state index in [0.717, 1.165) is 26.8 Å². The van der Waals surface area contributed by atoms with Crippen LogP contribution in [0, 0.1) is 5.92 Å². The molecule has 2 aromatic rings. The Morgan fingerprint density at radius 2 is 2.05 bits per heavy atom. The fraction of sp³-hybridized carbons (Fsp3) is 0.467. The second-order valence-corrected chi connectivity index (χ2v) is 7.28. The SMILES string of the molecule is COc1ccc(C(C)Nc2nnc(CC(C)C)s2)cc1Br. The van der Waals surface area contributed by atoms with Crippen LogP contribution in [0.5, 0.6) is 5.75 Å². The quantitative estimate of drug-likeness (QED) is 0.802. The van der Waals surface area contributed by atoms with Gasteiger partial charge in [-0.05, 0) is 46.5 Å². The Morgan fingerprint density at radius 1 is 1.29 bits per heavy atom. The van der Waals surface area contributed by atoms with E-state index >= 15 is 0 Å². The van der Waals surface area contributed by atoms with E-state index in [1.807, 2.05) is 6.07 Å². The predicted molar refractivity (Wildman–Crippen MR) is 91.2 cm³/mol. The summed E-state index contributed by atoms with van der Waals surface area (Å²) in [5.41, 5.74) is 1.17. The predicted octanol–water partition coefficient (Wildman–Crippen LogP) is 4.68. The van der Waals surface area contributed by atoms with Crippen LogP contribution in [0.3, 0.4) is 0 Å². The Balaban J connectivity index is 2.05. The Kier molecular flexibility index (Phi) is 5.58.